The van der Waals surface area contributed by atoms with E-state index in [1.54, 1.807) is 30.3 Å². The molecule has 1 amide bonds. The number of benzene rings is 2. The van der Waals surface area contributed by atoms with Crippen LogP contribution in [0.25, 0.3) is 0 Å². The Bertz CT molecular complexity index is 947. The van der Waals surface area contributed by atoms with Crippen molar-refractivity contribution in [1.82, 2.24) is 9.97 Å². The second-order valence-electron chi connectivity index (χ2n) is 6.01. The third-order valence-corrected chi connectivity index (χ3v) is 4.22. The number of aromatic nitrogens is 2. The third kappa shape index (κ3) is 5.24. The average molecular weight is 385 g/mol. The number of hydrogen-bond acceptors (Lipinski definition) is 4. The molecule has 0 aliphatic rings. The minimum absolute atomic E-state index is 0.244. The van der Waals surface area contributed by atoms with Crippen LogP contribution in [-0.2, 0) is 6.42 Å². The van der Waals surface area contributed by atoms with Crippen LogP contribution in [0.2, 0.25) is 5.02 Å². The van der Waals surface area contributed by atoms with E-state index in [1.807, 2.05) is 13.0 Å². The maximum absolute atomic E-state index is 12.9. The van der Waals surface area contributed by atoms with Crippen LogP contribution in [-0.4, -0.2) is 22.4 Å². The monoisotopic (exact) mass is 384 g/mol. The van der Waals surface area contributed by atoms with Crippen LogP contribution in [0.1, 0.15) is 21.6 Å². The molecule has 0 spiro atoms. The molecule has 0 fully saturated rings. The van der Waals surface area contributed by atoms with Crippen LogP contribution in [0.4, 0.5) is 15.9 Å². The topological polar surface area (TPSA) is 66.9 Å². The van der Waals surface area contributed by atoms with Crippen molar-refractivity contribution in [1.29, 1.82) is 0 Å². The lowest BCUT2D eigenvalue weighted by atomic mass is 10.1. The summed E-state index contributed by atoms with van der Waals surface area (Å²) in [6.45, 7) is 2.48. The summed E-state index contributed by atoms with van der Waals surface area (Å²) in [6, 6.07) is 13.2. The molecule has 5 nitrogen and oxygen atoms in total. The van der Waals surface area contributed by atoms with E-state index < -0.39 is 0 Å². The summed E-state index contributed by atoms with van der Waals surface area (Å²) in [7, 11) is 0. The second-order valence-corrected chi connectivity index (χ2v) is 6.44. The Morgan fingerprint density at radius 3 is 2.67 bits per heavy atom. The van der Waals surface area contributed by atoms with Crippen LogP contribution < -0.4 is 10.6 Å². The first-order valence-electron chi connectivity index (χ1n) is 8.39. The fourth-order valence-corrected chi connectivity index (χ4v) is 2.65. The molecule has 0 aliphatic carbocycles. The lowest BCUT2D eigenvalue weighted by molar-refractivity contribution is 0.102. The highest BCUT2D eigenvalue weighted by Gasteiger charge is 2.11. The number of nitrogens with zero attached hydrogens (tertiary/aromatic N) is 2. The molecule has 3 rings (SSSR count). The van der Waals surface area contributed by atoms with Gasteiger partial charge in [-0.05, 0) is 48.7 Å². The first kappa shape index (κ1) is 18.8. The van der Waals surface area contributed by atoms with E-state index in [0.717, 1.165) is 11.1 Å². The summed E-state index contributed by atoms with van der Waals surface area (Å²) in [5.74, 6) is -0.0578. The van der Waals surface area contributed by atoms with Crippen molar-refractivity contribution in [3.05, 3.63) is 82.5 Å². The number of aryl methyl sites for hydroxylation is 1. The molecule has 2 aromatic carbocycles. The number of carbonyl (C=O) groups is 1. The van der Waals surface area contributed by atoms with Crippen molar-refractivity contribution in [2.75, 3.05) is 17.2 Å². The molecule has 27 heavy (non-hydrogen) atoms. The van der Waals surface area contributed by atoms with Gasteiger partial charge in [-0.15, -0.1) is 0 Å². The Kier molecular flexibility index (Phi) is 5.98. The first-order valence-corrected chi connectivity index (χ1v) is 8.77. The molecule has 7 heteroatoms. The Morgan fingerprint density at radius 1 is 1.11 bits per heavy atom. The molecule has 0 aliphatic heterocycles. The zero-order valence-electron chi connectivity index (χ0n) is 14.7. The minimum Gasteiger partial charge on any atom is -0.370 e. The molecule has 0 saturated carbocycles. The van der Waals surface area contributed by atoms with Gasteiger partial charge in [0.2, 0.25) is 0 Å². The number of amides is 1. The maximum atomic E-state index is 12.9. The Labute approximate surface area is 161 Å². The number of rotatable bonds is 6. The first-order chi connectivity index (χ1) is 13.0. The fourth-order valence-electron chi connectivity index (χ4n) is 2.48. The van der Waals surface area contributed by atoms with Gasteiger partial charge in [0, 0.05) is 23.3 Å². The molecule has 2 N–H and O–H groups in total. The van der Waals surface area contributed by atoms with E-state index in [-0.39, 0.29) is 17.4 Å². The molecule has 3 aromatic rings. The fraction of sp³-hybridized carbons (Fsp3) is 0.150. The minimum atomic E-state index is -0.343. The Morgan fingerprint density at radius 2 is 1.89 bits per heavy atom. The molecule has 0 unspecified atom stereocenters. The lowest BCUT2D eigenvalue weighted by Gasteiger charge is -2.10. The van der Waals surface area contributed by atoms with Gasteiger partial charge in [-0.25, -0.2) is 14.4 Å². The number of hydrogen-bond donors (Lipinski definition) is 2. The molecule has 0 bridgehead atoms. The normalized spacial score (nSPS) is 10.5. The average Bonchev–Trinajstić information content (AvgIpc) is 2.66. The van der Waals surface area contributed by atoms with E-state index in [9.17, 15) is 9.18 Å². The third-order valence-electron chi connectivity index (χ3n) is 3.98. The van der Waals surface area contributed by atoms with Gasteiger partial charge in [0.1, 0.15) is 23.7 Å². The van der Waals surface area contributed by atoms with E-state index in [4.69, 9.17) is 11.6 Å². The summed E-state index contributed by atoms with van der Waals surface area (Å²) in [4.78, 5) is 20.6. The van der Waals surface area contributed by atoms with Crippen LogP contribution in [0, 0.1) is 12.7 Å². The van der Waals surface area contributed by atoms with Crippen molar-refractivity contribution in [3.8, 4) is 0 Å². The lowest BCUT2D eigenvalue weighted by Crippen LogP contribution is -2.15. The molecule has 1 heterocycles. The van der Waals surface area contributed by atoms with E-state index in [2.05, 4.69) is 20.6 Å². The van der Waals surface area contributed by atoms with Gasteiger partial charge in [-0.2, -0.15) is 0 Å². The molecular formula is C20H18ClFN4O. The van der Waals surface area contributed by atoms with Crippen LogP contribution in [0.3, 0.4) is 0 Å². The van der Waals surface area contributed by atoms with Gasteiger partial charge in [0.25, 0.3) is 5.91 Å². The van der Waals surface area contributed by atoms with Crippen LogP contribution in [0.5, 0.6) is 0 Å². The number of nitrogens with one attached hydrogen (secondary N) is 2. The highest BCUT2D eigenvalue weighted by Crippen LogP contribution is 2.20. The summed E-state index contributed by atoms with van der Waals surface area (Å²) < 4.78 is 12.9. The summed E-state index contributed by atoms with van der Waals surface area (Å²) in [6.07, 6.45) is 2.04. The molecular weight excluding hydrogens is 367 g/mol. The summed E-state index contributed by atoms with van der Waals surface area (Å²) >= 11 is 5.98. The number of carbonyl (C=O) groups excluding carboxylic acids is 1. The van der Waals surface area contributed by atoms with Gasteiger partial charge < -0.3 is 10.6 Å². The van der Waals surface area contributed by atoms with Crippen molar-refractivity contribution < 1.29 is 9.18 Å². The maximum Gasteiger partial charge on any atom is 0.274 e. The van der Waals surface area contributed by atoms with E-state index >= 15 is 0 Å². The van der Waals surface area contributed by atoms with Crippen molar-refractivity contribution in [2.24, 2.45) is 0 Å². The zero-order valence-corrected chi connectivity index (χ0v) is 15.4. The van der Waals surface area contributed by atoms with Crippen molar-refractivity contribution in [2.45, 2.75) is 13.3 Å². The predicted octanol–water partition coefficient (Wildman–Crippen LogP) is 4.48. The highest BCUT2D eigenvalue weighted by atomic mass is 35.5. The van der Waals surface area contributed by atoms with E-state index in [0.29, 0.717) is 29.5 Å². The van der Waals surface area contributed by atoms with Crippen LogP contribution >= 0.6 is 11.6 Å². The molecule has 1 aromatic heterocycles. The molecule has 138 valence electrons. The quantitative estimate of drug-likeness (QED) is 0.657. The van der Waals surface area contributed by atoms with Crippen molar-refractivity contribution in [3.63, 3.8) is 0 Å². The van der Waals surface area contributed by atoms with Gasteiger partial charge >= 0.3 is 0 Å². The SMILES string of the molecule is Cc1ccc(Cl)cc1NC(=O)c1cc(NCCc2ccc(F)cc2)ncn1. The van der Waals surface area contributed by atoms with Gasteiger partial charge in [-0.3, -0.25) is 4.79 Å². The Balaban J connectivity index is 1.61. The smallest absolute Gasteiger partial charge is 0.274 e. The van der Waals surface area contributed by atoms with Crippen LogP contribution in [0.15, 0.2) is 54.9 Å². The highest BCUT2D eigenvalue weighted by molar-refractivity contribution is 6.31. The Hall–Kier alpha value is -2.99. The van der Waals surface area contributed by atoms with Gasteiger partial charge in [0.05, 0.1) is 0 Å². The molecule has 0 radical (unpaired) electrons. The van der Waals surface area contributed by atoms with E-state index in [1.165, 1.54) is 18.5 Å². The summed E-state index contributed by atoms with van der Waals surface area (Å²) in [5, 5.41) is 6.49. The van der Waals surface area contributed by atoms with Gasteiger partial charge in [0.15, 0.2) is 0 Å². The largest absolute Gasteiger partial charge is 0.370 e. The number of halogens is 2. The zero-order chi connectivity index (χ0) is 19.2. The number of anilines is 2. The summed E-state index contributed by atoms with van der Waals surface area (Å²) in [5.41, 5.74) is 2.79. The van der Waals surface area contributed by atoms with Gasteiger partial charge in [-0.1, -0.05) is 29.8 Å². The molecule has 0 saturated heterocycles. The van der Waals surface area contributed by atoms with Crippen molar-refractivity contribution >= 4 is 29.0 Å². The second kappa shape index (κ2) is 8.60. The molecule has 0 atom stereocenters. The predicted molar refractivity (Wildman–Crippen MR) is 105 cm³/mol. The standard InChI is InChI=1S/C20H18ClFN4O/c1-13-2-5-15(21)10-17(13)26-20(27)18-11-19(25-12-24-18)23-9-8-14-3-6-16(22)7-4-14/h2-7,10-12H,8-9H2,1H3,(H,26,27)(H,23,24,25).